The lowest BCUT2D eigenvalue weighted by Crippen LogP contribution is -2.53. The number of halogens is 3. The second kappa shape index (κ2) is 8.32. The van der Waals surface area contributed by atoms with E-state index in [1.165, 1.54) is 7.11 Å². The van der Waals surface area contributed by atoms with E-state index in [1.807, 2.05) is 26.8 Å². The molecule has 1 aromatic carbocycles. The maximum absolute atomic E-state index is 12.4. The van der Waals surface area contributed by atoms with Crippen LogP contribution < -0.4 is 9.47 Å². The quantitative estimate of drug-likeness (QED) is 0.788. The van der Waals surface area contributed by atoms with Crippen LogP contribution in [0.5, 0.6) is 11.5 Å². The molecule has 3 atom stereocenters. The summed E-state index contributed by atoms with van der Waals surface area (Å²) in [6, 6.07) is 3.64. The number of ether oxygens (including phenoxy) is 3. The molecule has 1 saturated heterocycles. The highest BCUT2D eigenvalue weighted by atomic mass is 19.4. The molecule has 3 rings (SSSR count). The minimum Gasteiger partial charge on any atom is -0.493 e. The zero-order valence-electron chi connectivity index (χ0n) is 17.4. The number of methoxy groups -OCH3 is 1. The number of fused-ring (bicyclic) bond motifs is 3. The summed E-state index contributed by atoms with van der Waals surface area (Å²) in [6.07, 6.45) is -4.82. The van der Waals surface area contributed by atoms with Crippen molar-refractivity contribution in [1.82, 2.24) is 4.90 Å². The summed E-state index contributed by atoms with van der Waals surface area (Å²) in [4.78, 5) is 2.30. The fourth-order valence-electron chi connectivity index (χ4n) is 4.11. The molecular formula is C21H30F3NO4. The number of hydrogen-bond donors (Lipinski definition) is 1. The molecule has 1 fully saturated rings. The van der Waals surface area contributed by atoms with Crippen molar-refractivity contribution < 1.29 is 32.5 Å². The van der Waals surface area contributed by atoms with E-state index in [0.717, 1.165) is 24.1 Å². The van der Waals surface area contributed by atoms with Crippen LogP contribution in [0.25, 0.3) is 0 Å². The Morgan fingerprint density at radius 3 is 2.52 bits per heavy atom. The molecule has 0 aliphatic carbocycles. The molecule has 0 amide bonds. The third kappa shape index (κ3) is 5.55. The normalized spacial score (nSPS) is 25.3. The lowest BCUT2D eigenvalue weighted by molar-refractivity contribution is -0.149. The predicted octanol–water partition coefficient (Wildman–Crippen LogP) is 3.87. The Morgan fingerprint density at radius 1 is 1.17 bits per heavy atom. The van der Waals surface area contributed by atoms with Crippen LogP contribution in [0.15, 0.2) is 12.1 Å². The van der Waals surface area contributed by atoms with E-state index in [2.05, 4.69) is 4.90 Å². The lowest BCUT2D eigenvalue weighted by Gasteiger charge is -2.46. The fraction of sp³-hybridized carbons (Fsp3) is 0.714. The summed E-state index contributed by atoms with van der Waals surface area (Å²) in [5, 5.41) is 10.7. The molecule has 0 saturated carbocycles. The molecule has 0 bridgehead atoms. The third-order valence-electron chi connectivity index (χ3n) is 5.35. The zero-order chi connectivity index (χ0) is 21.4. The van der Waals surface area contributed by atoms with Crippen LogP contribution in [-0.4, -0.2) is 60.8 Å². The van der Waals surface area contributed by atoms with E-state index >= 15 is 0 Å². The van der Waals surface area contributed by atoms with Gasteiger partial charge in [0.05, 0.1) is 37.9 Å². The van der Waals surface area contributed by atoms with Gasteiger partial charge in [-0.15, -0.1) is 0 Å². The van der Waals surface area contributed by atoms with E-state index in [4.69, 9.17) is 14.2 Å². The van der Waals surface area contributed by atoms with E-state index < -0.39 is 25.3 Å². The Labute approximate surface area is 169 Å². The number of aliphatic hydroxyl groups is 1. The first-order valence-electron chi connectivity index (χ1n) is 9.97. The lowest BCUT2D eigenvalue weighted by atomic mass is 9.84. The van der Waals surface area contributed by atoms with Crippen LogP contribution in [0.2, 0.25) is 0 Å². The first kappa shape index (κ1) is 22.2. The van der Waals surface area contributed by atoms with Gasteiger partial charge >= 0.3 is 6.18 Å². The first-order valence-corrected chi connectivity index (χ1v) is 9.97. The smallest absolute Gasteiger partial charge is 0.392 e. The van der Waals surface area contributed by atoms with E-state index in [1.54, 1.807) is 6.07 Å². The number of aliphatic hydroxyl groups excluding tert-OH is 1. The van der Waals surface area contributed by atoms with Crippen LogP contribution in [0.1, 0.15) is 50.8 Å². The molecule has 2 aliphatic rings. The van der Waals surface area contributed by atoms with Gasteiger partial charge in [-0.25, -0.2) is 0 Å². The summed E-state index contributed by atoms with van der Waals surface area (Å²) in [5.41, 5.74) is 1.72. The Kier molecular flexibility index (Phi) is 6.36. The third-order valence-corrected chi connectivity index (χ3v) is 5.35. The van der Waals surface area contributed by atoms with Crippen molar-refractivity contribution in [2.24, 2.45) is 0 Å². The maximum Gasteiger partial charge on any atom is 0.392 e. The van der Waals surface area contributed by atoms with E-state index in [-0.39, 0.29) is 17.7 Å². The molecule has 1 aromatic rings. The fourth-order valence-corrected chi connectivity index (χ4v) is 4.11. The zero-order valence-corrected chi connectivity index (χ0v) is 17.4. The van der Waals surface area contributed by atoms with Crippen molar-refractivity contribution >= 4 is 0 Å². The van der Waals surface area contributed by atoms with Gasteiger partial charge < -0.3 is 19.3 Å². The average molecular weight is 417 g/mol. The van der Waals surface area contributed by atoms with E-state index in [9.17, 15) is 18.3 Å². The number of piperidine rings is 1. The second-order valence-electron chi connectivity index (χ2n) is 8.75. The number of rotatable bonds is 5. The van der Waals surface area contributed by atoms with Crippen molar-refractivity contribution in [3.63, 3.8) is 0 Å². The Hall–Kier alpha value is -1.51. The van der Waals surface area contributed by atoms with Crippen molar-refractivity contribution in [2.45, 2.75) is 70.1 Å². The minimum absolute atomic E-state index is 0.0201. The van der Waals surface area contributed by atoms with Crippen molar-refractivity contribution in [3.05, 3.63) is 23.3 Å². The molecule has 3 unspecified atom stereocenters. The van der Waals surface area contributed by atoms with Crippen LogP contribution in [0.4, 0.5) is 13.2 Å². The molecular weight excluding hydrogens is 387 g/mol. The number of benzene rings is 1. The molecule has 0 aromatic heterocycles. The summed E-state index contributed by atoms with van der Waals surface area (Å²) in [6.45, 7) is 6.91. The van der Waals surface area contributed by atoms with Gasteiger partial charge in [-0.3, -0.25) is 4.90 Å². The Balaban J connectivity index is 1.77. The van der Waals surface area contributed by atoms with Gasteiger partial charge in [-0.2, -0.15) is 13.2 Å². The highest BCUT2D eigenvalue weighted by molar-refractivity contribution is 5.49. The van der Waals surface area contributed by atoms with Gasteiger partial charge in [0.25, 0.3) is 0 Å². The van der Waals surface area contributed by atoms with Crippen molar-refractivity contribution in [3.8, 4) is 11.5 Å². The molecule has 2 aliphatic heterocycles. The van der Waals surface area contributed by atoms with Gasteiger partial charge in [0, 0.05) is 19.1 Å². The summed E-state index contributed by atoms with van der Waals surface area (Å²) < 4.78 is 54.0. The summed E-state index contributed by atoms with van der Waals surface area (Å²) in [5.74, 6) is 0.740. The monoisotopic (exact) mass is 417 g/mol. The molecule has 8 heteroatoms. The average Bonchev–Trinajstić information content (AvgIpc) is 2.59. The van der Waals surface area contributed by atoms with Gasteiger partial charge in [0.15, 0.2) is 11.5 Å². The molecule has 29 heavy (non-hydrogen) atoms. The van der Waals surface area contributed by atoms with Gasteiger partial charge in [0.2, 0.25) is 0 Å². The molecule has 2 heterocycles. The maximum atomic E-state index is 12.4. The van der Waals surface area contributed by atoms with Crippen LogP contribution in [0.3, 0.4) is 0 Å². The first-order chi connectivity index (χ1) is 13.5. The standard InChI is InChI=1S/C21H30F3NO4/c1-20(2,3)29-19-12-25-7-5-13-9-18(28-8-6-21(22,23)24)17(27-4)10-14(13)15(25)11-16(19)26/h9-10,15-16,19,26H,5-8,11-12H2,1-4H3. The molecule has 164 valence electrons. The second-order valence-corrected chi connectivity index (χ2v) is 8.75. The highest BCUT2D eigenvalue weighted by Crippen LogP contribution is 2.42. The van der Waals surface area contributed by atoms with Crippen molar-refractivity contribution in [1.29, 1.82) is 0 Å². The van der Waals surface area contributed by atoms with Crippen LogP contribution >= 0.6 is 0 Å². The number of alkyl halides is 3. The van der Waals surface area contributed by atoms with Crippen LogP contribution in [0, 0.1) is 0 Å². The SMILES string of the molecule is COc1cc2c(cc1OCCC(F)(F)F)CCN1CC(OC(C)(C)C)C(O)CC21. The molecule has 1 N–H and O–H groups in total. The predicted molar refractivity (Wildman–Crippen MR) is 102 cm³/mol. The largest absolute Gasteiger partial charge is 0.493 e. The van der Waals surface area contributed by atoms with E-state index in [0.29, 0.717) is 24.5 Å². The van der Waals surface area contributed by atoms with Crippen molar-refractivity contribution in [2.75, 3.05) is 26.8 Å². The van der Waals surface area contributed by atoms with Crippen LogP contribution in [-0.2, 0) is 11.2 Å². The summed E-state index contributed by atoms with van der Waals surface area (Å²) in [7, 11) is 1.47. The minimum atomic E-state index is -4.26. The molecule has 5 nitrogen and oxygen atoms in total. The van der Waals surface area contributed by atoms with Gasteiger partial charge in [-0.1, -0.05) is 0 Å². The Bertz CT molecular complexity index is 717. The molecule has 0 spiro atoms. The topological polar surface area (TPSA) is 51.2 Å². The summed E-state index contributed by atoms with van der Waals surface area (Å²) >= 11 is 0. The Morgan fingerprint density at radius 2 is 1.90 bits per heavy atom. The highest BCUT2D eigenvalue weighted by Gasteiger charge is 2.40. The number of nitrogens with zero attached hydrogens (tertiary/aromatic N) is 1. The molecule has 0 radical (unpaired) electrons. The number of hydrogen-bond acceptors (Lipinski definition) is 5. The van der Waals surface area contributed by atoms with Gasteiger partial charge in [0.1, 0.15) is 0 Å². The van der Waals surface area contributed by atoms with Gasteiger partial charge in [-0.05, 0) is 56.9 Å².